The molecule has 0 aliphatic heterocycles. The molecule has 4 rings (SSSR count). The Morgan fingerprint density at radius 3 is 2.65 bits per heavy atom. The molecule has 1 N–H and O–H groups in total. The molecule has 4 aliphatic rings. The van der Waals surface area contributed by atoms with E-state index in [1.807, 2.05) is 6.92 Å². The number of ketones is 1. The number of hydrogen-bond donors (Lipinski definition) is 1. The van der Waals surface area contributed by atoms with Crippen LogP contribution in [-0.4, -0.2) is 17.0 Å². The van der Waals surface area contributed by atoms with Crippen molar-refractivity contribution in [2.75, 3.05) is 0 Å². The highest BCUT2D eigenvalue weighted by Gasteiger charge is 2.59. The molecule has 3 fully saturated rings. The summed E-state index contributed by atoms with van der Waals surface area (Å²) in [7, 11) is 0. The van der Waals surface area contributed by atoms with E-state index < -0.39 is 0 Å². The summed E-state index contributed by atoms with van der Waals surface area (Å²) in [6.45, 7) is 6.70. The van der Waals surface area contributed by atoms with E-state index in [0.29, 0.717) is 17.1 Å². The highest BCUT2D eigenvalue weighted by atomic mass is 16.3. The Kier molecular flexibility index (Phi) is 3.58. The topological polar surface area (TPSA) is 37.3 Å². The van der Waals surface area contributed by atoms with E-state index in [-0.39, 0.29) is 11.5 Å². The Labute approximate surface area is 140 Å². The predicted octanol–water partition coefficient (Wildman–Crippen LogP) is 4.52. The fourth-order valence-corrected chi connectivity index (χ4v) is 7.31. The standard InChI is InChI=1S/C21H32O2/c1-13(22)17-6-7-18-16-5-4-14-12-15(23)8-10-20(14,2)19(16)9-11-21(17,18)3/h4,15-19,23H,5-12H2,1-3H3/t15-,16-,17-,18+,19-,20+,21-/m1/s1. The first kappa shape index (κ1) is 15.9. The van der Waals surface area contributed by atoms with E-state index in [4.69, 9.17) is 0 Å². The smallest absolute Gasteiger partial charge is 0.133 e. The quantitative estimate of drug-likeness (QED) is 0.722. The van der Waals surface area contributed by atoms with Gasteiger partial charge in [0.2, 0.25) is 0 Å². The van der Waals surface area contributed by atoms with E-state index >= 15 is 0 Å². The zero-order valence-corrected chi connectivity index (χ0v) is 15.0. The monoisotopic (exact) mass is 316 g/mol. The zero-order valence-electron chi connectivity index (χ0n) is 15.0. The van der Waals surface area contributed by atoms with Crippen LogP contribution in [0.5, 0.6) is 0 Å². The van der Waals surface area contributed by atoms with Gasteiger partial charge in [-0.3, -0.25) is 4.79 Å². The number of carbonyl (C=O) groups excluding carboxylic acids is 1. The third kappa shape index (κ3) is 2.13. The largest absolute Gasteiger partial charge is 0.393 e. The van der Waals surface area contributed by atoms with Gasteiger partial charge in [0.05, 0.1) is 6.10 Å². The average molecular weight is 316 g/mol. The van der Waals surface area contributed by atoms with Crippen LogP contribution in [0.25, 0.3) is 0 Å². The summed E-state index contributed by atoms with van der Waals surface area (Å²) < 4.78 is 0. The molecule has 0 heterocycles. The fraction of sp³-hybridized carbons (Fsp3) is 0.857. The van der Waals surface area contributed by atoms with Gasteiger partial charge in [-0.1, -0.05) is 25.5 Å². The first-order valence-electron chi connectivity index (χ1n) is 9.74. The molecule has 0 radical (unpaired) electrons. The van der Waals surface area contributed by atoms with Crippen molar-refractivity contribution < 1.29 is 9.90 Å². The lowest BCUT2D eigenvalue weighted by molar-refractivity contribution is -0.127. The van der Waals surface area contributed by atoms with E-state index in [9.17, 15) is 9.90 Å². The molecule has 0 saturated heterocycles. The van der Waals surface area contributed by atoms with Crippen molar-refractivity contribution >= 4 is 5.78 Å². The number of Topliss-reactive ketones (excluding diaryl/α,β-unsaturated/α-hetero) is 1. The molecule has 7 atom stereocenters. The third-order valence-electron chi connectivity index (χ3n) is 8.57. The third-order valence-corrected chi connectivity index (χ3v) is 8.57. The van der Waals surface area contributed by atoms with Crippen molar-refractivity contribution in [1.82, 2.24) is 0 Å². The van der Waals surface area contributed by atoms with Gasteiger partial charge >= 0.3 is 0 Å². The van der Waals surface area contributed by atoms with Crippen LogP contribution in [0.1, 0.15) is 72.1 Å². The van der Waals surface area contributed by atoms with Gasteiger partial charge in [0.25, 0.3) is 0 Å². The molecule has 4 aliphatic carbocycles. The minimum absolute atomic E-state index is 0.117. The maximum Gasteiger partial charge on any atom is 0.133 e. The van der Waals surface area contributed by atoms with Gasteiger partial charge in [-0.2, -0.15) is 0 Å². The van der Waals surface area contributed by atoms with Crippen molar-refractivity contribution in [3.05, 3.63) is 11.6 Å². The number of hydrogen-bond acceptors (Lipinski definition) is 2. The van der Waals surface area contributed by atoms with Crippen molar-refractivity contribution in [2.45, 2.75) is 78.2 Å². The molecule has 128 valence electrons. The summed E-state index contributed by atoms with van der Waals surface area (Å²) in [6, 6.07) is 0. The highest BCUT2D eigenvalue weighted by Crippen LogP contribution is 2.66. The van der Waals surface area contributed by atoms with Gasteiger partial charge in [0.1, 0.15) is 5.78 Å². The molecule has 2 heteroatoms. The molecule has 0 unspecified atom stereocenters. The summed E-state index contributed by atoms with van der Waals surface area (Å²) in [4.78, 5) is 12.2. The first-order valence-corrected chi connectivity index (χ1v) is 9.74. The molecule has 23 heavy (non-hydrogen) atoms. The maximum atomic E-state index is 12.2. The normalized spacial score (nSPS) is 52.2. The lowest BCUT2D eigenvalue weighted by Gasteiger charge is -2.57. The Hall–Kier alpha value is -0.630. The molecular weight excluding hydrogens is 284 g/mol. The van der Waals surface area contributed by atoms with Crippen LogP contribution in [0.3, 0.4) is 0 Å². The summed E-state index contributed by atoms with van der Waals surface area (Å²) in [5.74, 6) is 3.00. The zero-order chi connectivity index (χ0) is 16.4. The lowest BCUT2D eigenvalue weighted by atomic mass is 9.47. The second-order valence-corrected chi connectivity index (χ2v) is 9.44. The Bertz CT molecular complexity index is 550. The summed E-state index contributed by atoms with van der Waals surface area (Å²) in [5, 5.41) is 10.1. The molecule has 0 amide bonds. The van der Waals surface area contributed by atoms with Crippen LogP contribution in [0.4, 0.5) is 0 Å². The Balaban J connectivity index is 1.66. The fourth-order valence-electron chi connectivity index (χ4n) is 7.31. The second-order valence-electron chi connectivity index (χ2n) is 9.44. The summed E-state index contributed by atoms with van der Waals surface area (Å²) >= 11 is 0. The molecule has 0 aromatic heterocycles. The maximum absolute atomic E-state index is 12.2. The second kappa shape index (κ2) is 5.18. The van der Waals surface area contributed by atoms with E-state index in [1.165, 1.54) is 25.7 Å². The van der Waals surface area contributed by atoms with Crippen molar-refractivity contribution in [2.24, 2.45) is 34.5 Å². The van der Waals surface area contributed by atoms with Crippen LogP contribution in [0, 0.1) is 34.5 Å². The van der Waals surface area contributed by atoms with Crippen LogP contribution < -0.4 is 0 Å². The van der Waals surface area contributed by atoms with Crippen LogP contribution >= 0.6 is 0 Å². The number of rotatable bonds is 1. The predicted molar refractivity (Wildman–Crippen MR) is 91.9 cm³/mol. The van der Waals surface area contributed by atoms with Crippen molar-refractivity contribution in [3.8, 4) is 0 Å². The molecule has 0 aromatic rings. The van der Waals surface area contributed by atoms with E-state index in [0.717, 1.165) is 43.4 Å². The molecule has 2 nitrogen and oxygen atoms in total. The Morgan fingerprint density at radius 1 is 1.13 bits per heavy atom. The average Bonchev–Trinajstić information content (AvgIpc) is 2.85. The molecule has 0 spiro atoms. The minimum atomic E-state index is -0.117. The molecular formula is C21H32O2. The number of aliphatic hydroxyl groups excluding tert-OH is 1. The lowest BCUT2D eigenvalue weighted by Crippen LogP contribution is -2.50. The van der Waals surface area contributed by atoms with Gasteiger partial charge in [-0.25, -0.2) is 0 Å². The van der Waals surface area contributed by atoms with Gasteiger partial charge in [-0.15, -0.1) is 0 Å². The summed E-state index contributed by atoms with van der Waals surface area (Å²) in [5.41, 5.74) is 2.11. The molecule has 3 saturated carbocycles. The molecule has 0 bridgehead atoms. The minimum Gasteiger partial charge on any atom is -0.393 e. The Morgan fingerprint density at radius 2 is 1.91 bits per heavy atom. The number of carbonyl (C=O) groups is 1. The number of aliphatic hydroxyl groups is 1. The molecule has 0 aromatic carbocycles. The number of fused-ring (bicyclic) bond motifs is 5. The highest BCUT2D eigenvalue weighted by molar-refractivity contribution is 5.79. The SMILES string of the molecule is CC(=O)[C@H]1CC[C@H]2[C@H]3CC=C4C[C@H](O)CC[C@]4(C)[C@@H]3CC[C@]12C. The van der Waals surface area contributed by atoms with Gasteiger partial charge in [0, 0.05) is 5.92 Å². The first-order chi connectivity index (χ1) is 10.9. The van der Waals surface area contributed by atoms with E-state index in [2.05, 4.69) is 19.9 Å². The van der Waals surface area contributed by atoms with Crippen LogP contribution in [0.15, 0.2) is 11.6 Å². The van der Waals surface area contributed by atoms with Crippen LogP contribution in [-0.2, 0) is 4.79 Å². The summed E-state index contributed by atoms with van der Waals surface area (Å²) in [6.07, 6.45) is 11.5. The van der Waals surface area contributed by atoms with Crippen molar-refractivity contribution in [3.63, 3.8) is 0 Å². The van der Waals surface area contributed by atoms with Gasteiger partial charge in [-0.05, 0) is 86.9 Å². The van der Waals surface area contributed by atoms with Gasteiger partial charge < -0.3 is 5.11 Å². The van der Waals surface area contributed by atoms with Gasteiger partial charge in [0.15, 0.2) is 0 Å². The van der Waals surface area contributed by atoms with E-state index in [1.54, 1.807) is 5.57 Å². The van der Waals surface area contributed by atoms with Crippen LogP contribution in [0.2, 0.25) is 0 Å². The number of allylic oxidation sites excluding steroid dienone is 1. The van der Waals surface area contributed by atoms with Crippen molar-refractivity contribution in [1.29, 1.82) is 0 Å².